The van der Waals surface area contributed by atoms with E-state index in [1.807, 2.05) is 30.3 Å². The van der Waals surface area contributed by atoms with Crippen molar-refractivity contribution in [2.45, 2.75) is 25.9 Å². The summed E-state index contributed by atoms with van der Waals surface area (Å²) >= 11 is 0. The second-order valence-electron chi connectivity index (χ2n) is 9.42. The van der Waals surface area contributed by atoms with Gasteiger partial charge < -0.3 is 10.6 Å². The summed E-state index contributed by atoms with van der Waals surface area (Å²) in [6, 6.07) is 31.4. The molecule has 190 valence electrons. The Kier molecular flexibility index (Phi) is 7.80. The van der Waals surface area contributed by atoms with Gasteiger partial charge in [-0.2, -0.15) is 0 Å². The van der Waals surface area contributed by atoms with Gasteiger partial charge in [-0.15, -0.1) is 0 Å². The Morgan fingerprint density at radius 2 is 1.16 bits per heavy atom. The maximum Gasteiger partial charge on any atom is 0.253 e. The third kappa shape index (κ3) is 5.37. The molecule has 1 aliphatic rings. The monoisotopic (exact) mass is 512 g/mol. The zero-order chi connectivity index (χ0) is 25.8. The fourth-order valence-corrected chi connectivity index (χ4v) is 7.89. The molecule has 0 unspecified atom stereocenters. The van der Waals surface area contributed by atoms with E-state index in [2.05, 4.69) is 94.5 Å². The molecule has 4 aromatic carbocycles. The summed E-state index contributed by atoms with van der Waals surface area (Å²) in [5.74, 6) is 0. The molecule has 1 aliphatic heterocycles. The second-order valence-corrected chi connectivity index (χ2v) is 11.6. The van der Waals surface area contributed by atoms with Crippen molar-refractivity contribution >= 4 is 25.3 Å². The van der Waals surface area contributed by atoms with Crippen LogP contribution in [0.3, 0.4) is 0 Å². The molecular formula is C30H33N4O2P. The van der Waals surface area contributed by atoms with Crippen molar-refractivity contribution in [1.82, 2.24) is 9.34 Å². The molecule has 0 aliphatic carbocycles. The zero-order valence-corrected chi connectivity index (χ0v) is 22.2. The van der Waals surface area contributed by atoms with Crippen molar-refractivity contribution in [1.29, 1.82) is 0 Å². The van der Waals surface area contributed by atoms with E-state index in [-0.39, 0.29) is 0 Å². The van der Waals surface area contributed by atoms with Crippen LogP contribution in [0.2, 0.25) is 0 Å². The number of nitrogens with one attached hydrogen (secondary N) is 2. The molecule has 0 amide bonds. The Morgan fingerprint density at radius 3 is 1.68 bits per heavy atom. The quantitative estimate of drug-likeness (QED) is 0.204. The van der Waals surface area contributed by atoms with Gasteiger partial charge in [0.1, 0.15) is 11.4 Å². The molecule has 7 heteroatoms. The molecule has 5 rings (SSSR count). The molecule has 0 bridgehead atoms. The normalized spacial score (nSPS) is 16.6. The SMILES string of the molecule is C[C@@H](c1ccccc1)N1CCN([C@@H](C)c2ccccc2)P1CCNc1c(Nc2ccccc2)c(=O)c1=O. The Balaban J connectivity index is 1.33. The average molecular weight is 513 g/mol. The first-order valence-electron chi connectivity index (χ1n) is 12.8. The van der Waals surface area contributed by atoms with E-state index in [0.29, 0.717) is 30.0 Å². The lowest BCUT2D eigenvalue weighted by Gasteiger charge is -2.37. The summed E-state index contributed by atoms with van der Waals surface area (Å²) in [5, 5.41) is 6.42. The topological polar surface area (TPSA) is 64.7 Å². The van der Waals surface area contributed by atoms with Gasteiger partial charge in [0.15, 0.2) is 0 Å². The van der Waals surface area contributed by atoms with E-state index in [1.54, 1.807) is 0 Å². The molecular weight excluding hydrogens is 479 g/mol. The molecule has 6 nitrogen and oxygen atoms in total. The second kappa shape index (κ2) is 11.4. The first-order chi connectivity index (χ1) is 18.0. The van der Waals surface area contributed by atoms with Crippen LogP contribution in [0.5, 0.6) is 0 Å². The van der Waals surface area contributed by atoms with Crippen LogP contribution in [-0.4, -0.2) is 35.1 Å². The van der Waals surface area contributed by atoms with Crippen LogP contribution in [0.1, 0.15) is 37.1 Å². The highest BCUT2D eigenvalue weighted by Crippen LogP contribution is 2.56. The minimum atomic E-state index is -0.632. The van der Waals surface area contributed by atoms with Crippen molar-refractivity contribution in [3.63, 3.8) is 0 Å². The summed E-state index contributed by atoms with van der Waals surface area (Å²) in [6.45, 7) is 7.19. The minimum Gasteiger partial charge on any atom is -0.379 e. The van der Waals surface area contributed by atoms with Crippen molar-refractivity contribution in [2.24, 2.45) is 0 Å². The molecule has 0 saturated carbocycles. The predicted octanol–water partition coefficient (Wildman–Crippen LogP) is 5.89. The summed E-state index contributed by atoms with van der Waals surface area (Å²) < 4.78 is 5.24. The summed E-state index contributed by atoms with van der Waals surface area (Å²) in [7, 11) is -0.632. The van der Waals surface area contributed by atoms with Gasteiger partial charge in [-0.05, 0) is 37.1 Å². The van der Waals surface area contributed by atoms with Crippen LogP contribution in [0.15, 0.2) is 101 Å². The standard InChI is InChI=1S/C30H33N4O2P/c1-22(24-12-6-3-7-13-24)33-19-20-34(23(2)25-14-8-4-9-15-25)37(33)21-18-31-27-28(30(36)29(27)35)32-26-16-10-5-11-17-26/h3-17,22-23,31-32H,18-21H2,1-2H3/t22-,23-/m0/s1. The van der Waals surface area contributed by atoms with E-state index in [4.69, 9.17) is 0 Å². The number of para-hydroxylation sites is 1. The number of anilines is 3. The predicted molar refractivity (Wildman–Crippen MR) is 154 cm³/mol. The number of hydrogen-bond donors (Lipinski definition) is 2. The van der Waals surface area contributed by atoms with E-state index >= 15 is 0 Å². The van der Waals surface area contributed by atoms with E-state index in [1.165, 1.54) is 11.1 Å². The van der Waals surface area contributed by atoms with E-state index in [0.717, 1.165) is 24.9 Å². The molecule has 1 fully saturated rings. The third-order valence-electron chi connectivity index (χ3n) is 7.18. The fourth-order valence-electron chi connectivity index (χ4n) is 5.06. The fraction of sp³-hybridized carbons (Fsp3) is 0.267. The van der Waals surface area contributed by atoms with E-state index < -0.39 is 19.1 Å². The smallest absolute Gasteiger partial charge is 0.253 e. The van der Waals surface area contributed by atoms with Crippen LogP contribution in [-0.2, 0) is 0 Å². The van der Waals surface area contributed by atoms with Gasteiger partial charge in [-0.3, -0.25) is 18.9 Å². The molecule has 2 N–H and O–H groups in total. The van der Waals surface area contributed by atoms with Crippen molar-refractivity contribution < 1.29 is 0 Å². The largest absolute Gasteiger partial charge is 0.379 e. The molecule has 37 heavy (non-hydrogen) atoms. The van der Waals surface area contributed by atoms with Gasteiger partial charge in [-0.1, -0.05) is 78.9 Å². The molecule has 0 spiro atoms. The maximum atomic E-state index is 12.4. The Bertz CT molecular complexity index is 1320. The van der Waals surface area contributed by atoms with Crippen molar-refractivity contribution in [3.8, 4) is 0 Å². The summed E-state index contributed by atoms with van der Waals surface area (Å²) in [5.41, 5.74) is 3.28. The highest BCUT2D eigenvalue weighted by atomic mass is 31.1. The van der Waals surface area contributed by atoms with Crippen molar-refractivity contribution in [3.05, 3.63) is 123 Å². The molecule has 4 aromatic rings. The first kappa shape index (κ1) is 25.3. The minimum absolute atomic E-state index is 0.293. The first-order valence-corrected chi connectivity index (χ1v) is 14.3. The molecule has 1 saturated heterocycles. The lowest BCUT2D eigenvalue weighted by molar-refractivity contribution is 0.377. The van der Waals surface area contributed by atoms with Crippen molar-refractivity contribution in [2.75, 3.05) is 36.4 Å². The number of hydrogen-bond acceptors (Lipinski definition) is 6. The number of nitrogens with zero attached hydrogens (tertiary/aromatic N) is 2. The van der Waals surface area contributed by atoms with Crippen LogP contribution in [0.4, 0.5) is 17.1 Å². The summed E-state index contributed by atoms with van der Waals surface area (Å²) in [6.07, 6.45) is 0.882. The lowest BCUT2D eigenvalue weighted by atomic mass is 10.1. The van der Waals surface area contributed by atoms with E-state index in [9.17, 15) is 9.59 Å². The number of benzene rings is 3. The molecule has 1 heterocycles. The lowest BCUT2D eigenvalue weighted by Crippen LogP contribution is -2.37. The highest BCUT2D eigenvalue weighted by Gasteiger charge is 2.38. The van der Waals surface area contributed by atoms with Gasteiger partial charge in [-0.25, -0.2) is 0 Å². The Labute approximate surface area is 219 Å². The average Bonchev–Trinajstić information content (AvgIpc) is 3.38. The highest BCUT2D eigenvalue weighted by molar-refractivity contribution is 7.53. The molecule has 0 aromatic heterocycles. The molecule has 0 radical (unpaired) electrons. The van der Waals surface area contributed by atoms with Crippen LogP contribution < -0.4 is 21.5 Å². The molecule has 2 atom stereocenters. The van der Waals surface area contributed by atoms with Gasteiger partial charge in [0, 0.05) is 51.8 Å². The van der Waals surface area contributed by atoms with Gasteiger partial charge >= 0.3 is 0 Å². The third-order valence-corrected chi connectivity index (χ3v) is 10.1. The van der Waals surface area contributed by atoms with Gasteiger partial charge in [0.05, 0.1) is 0 Å². The Hall–Kier alpha value is -3.31. The van der Waals surface area contributed by atoms with Crippen LogP contribution in [0, 0.1) is 0 Å². The van der Waals surface area contributed by atoms with Gasteiger partial charge in [0.25, 0.3) is 10.9 Å². The van der Waals surface area contributed by atoms with Crippen LogP contribution in [0.25, 0.3) is 0 Å². The number of rotatable bonds is 10. The Morgan fingerprint density at radius 1 is 0.703 bits per heavy atom. The van der Waals surface area contributed by atoms with Gasteiger partial charge in [0.2, 0.25) is 0 Å². The van der Waals surface area contributed by atoms with Crippen LogP contribution >= 0.6 is 8.22 Å². The summed E-state index contributed by atoms with van der Waals surface area (Å²) in [4.78, 5) is 24.6. The maximum absolute atomic E-state index is 12.4. The zero-order valence-electron chi connectivity index (χ0n) is 21.3.